The summed E-state index contributed by atoms with van der Waals surface area (Å²) in [5.74, 6) is -2.64. The Morgan fingerprint density at radius 1 is 0.763 bits per heavy atom. The Kier molecular flexibility index (Phi) is 8.59. The third-order valence-electron chi connectivity index (χ3n) is 6.39. The summed E-state index contributed by atoms with van der Waals surface area (Å²) in [5.41, 5.74) is 0. The van der Waals surface area contributed by atoms with Crippen molar-refractivity contribution in [3.8, 4) is 0 Å². The Morgan fingerprint density at radius 2 is 1.16 bits per heavy atom. The molecule has 7 nitrogen and oxygen atoms in total. The van der Waals surface area contributed by atoms with E-state index < -0.39 is 37.0 Å². The van der Waals surface area contributed by atoms with Gasteiger partial charge in [0.25, 0.3) is 0 Å². The molecule has 8 heteroatoms. The van der Waals surface area contributed by atoms with Crippen LogP contribution in [0.25, 0.3) is 0 Å². The summed E-state index contributed by atoms with van der Waals surface area (Å²) in [6.07, 6.45) is -0.0867. The molecule has 0 bridgehead atoms. The first-order chi connectivity index (χ1) is 18.5. The zero-order valence-electron chi connectivity index (χ0n) is 21.4. The molecule has 2 amide bonds. The number of carbonyl (C=O) groups excluding carboxylic acids is 3. The molecule has 1 atom stereocenters. The normalized spacial score (nSPS) is 15.2. The highest BCUT2D eigenvalue weighted by molar-refractivity contribution is 7.99. The van der Waals surface area contributed by atoms with Gasteiger partial charge in [0.15, 0.2) is 6.04 Å². The fraction of sp³-hybridized carbons (Fsp3) is 0.233. The highest BCUT2D eigenvalue weighted by atomic mass is 31.2. The number of esters is 1. The third kappa shape index (κ3) is 4.94. The van der Waals surface area contributed by atoms with Crippen LogP contribution in [-0.4, -0.2) is 41.9 Å². The summed E-state index contributed by atoms with van der Waals surface area (Å²) in [6, 6.07) is 26.7. The van der Waals surface area contributed by atoms with E-state index in [-0.39, 0.29) is 31.4 Å². The summed E-state index contributed by atoms with van der Waals surface area (Å²) in [6.45, 7) is 3.36. The van der Waals surface area contributed by atoms with E-state index in [0.717, 1.165) is 20.8 Å². The molecule has 0 aromatic heterocycles. The van der Waals surface area contributed by atoms with Gasteiger partial charge in [-0.05, 0) is 49.9 Å². The van der Waals surface area contributed by atoms with Crippen LogP contribution in [0.4, 0.5) is 0 Å². The monoisotopic (exact) mass is 531 g/mol. The predicted octanol–water partition coefficient (Wildman–Crippen LogP) is 2.63. The van der Waals surface area contributed by atoms with Crippen LogP contribution in [0.3, 0.4) is 0 Å². The van der Waals surface area contributed by atoms with E-state index in [9.17, 15) is 19.5 Å². The minimum Gasteiger partial charge on any atom is -0.611 e. The predicted molar refractivity (Wildman–Crippen MR) is 145 cm³/mol. The molecule has 0 saturated carbocycles. The number of benzene rings is 3. The average Bonchev–Trinajstić information content (AvgIpc) is 3.28. The van der Waals surface area contributed by atoms with Gasteiger partial charge in [-0.2, -0.15) is 0 Å². The number of amides is 2. The van der Waals surface area contributed by atoms with E-state index in [4.69, 9.17) is 9.47 Å². The molecule has 1 saturated heterocycles. The van der Waals surface area contributed by atoms with Gasteiger partial charge in [-0.25, -0.2) is 4.79 Å². The number of ether oxygens (including phenoxy) is 2. The van der Waals surface area contributed by atoms with Crippen LogP contribution >= 0.6 is 7.26 Å². The van der Waals surface area contributed by atoms with E-state index in [1.54, 1.807) is 13.8 Å². The van der Waals surface area contributed by atoms with Crippen molar-refractivity contribution in [1.82, 2.24) is 4.90 Å². The van der Waals surface area contributed by atoms with Crippen molar-refractivity contribution in [2.45, 2.75) is 32.7 Å². The standard InChI is InChI=1S/C30H30NO6P/c1-3-36-29(34)27(31-25(32)20-21-26(31)33)28(30(35)37-4-2)38(22-14-8-5-9-15-22,23-16-10-6-11-17-23)24-18-12-7-13-19-24/h5-19,27H,3-4,20-21H2,1-2H3/b30-28-. The first kappa shape index (κ1) is 27.1. The van der Waals surface area contributed by atoms with Crippen LogP contribution in [0.15, 0.2) is 102 Å². The number of hydrogen-bond acceptors (Lipinski definition) is 6. The first-order valence-corrected chi connectivity index (χ1v) is 14.4. The van der Waals surface area contributed by atoms with Crippen LogP contribution in [0, 0.1) is 0 Å². The number of likely N-dealkylation sites (tertiary alicyclic amines) is 1. The second kappa shape index (κ2) is 12.1. The number of nitrogens with zero attached hydrogens (tertiary/aromatic N) is 1. The van der Waals surface area contributed by atoms with Crippen molar-refractivity contribution in [3.63, 3.8) is 0 Å². The fourth-order valence-electron chi connectivity index (χ4n) is 4.90. The third-order valence-corrected chi connectivity index (χ3v) is 10.8. The van der Waals surface area contributed by atoms with Gasteiger partial charge in [0.05, 0.1) is 12.6 Å². The van der Waals surface area contributed by atoms with Crippen molar-refractivity contribution >= 4 is 41.0 Å². The topological polar surface area (TPSA) is 96.0 Å². The summed E-state index contributed by atoms with van der Waals surface area (Å²) < 4.78 is 11.0. The lowest BCUT2D eigenvalue weighted by Gasteiger charge is -2.37. The van der Waals surface area contributed by atoms with Crippen LogP contribution in [-0.2, 0) is 23.9 Å². The molecular formula is C30H30NO6P. The molecule has 3 aromatic rings. The van der Waals surface area contributed by atoms with E-state index >= 15 is 0 Å². The van der Waals surface area contributed by atoms with E-state index in [1.807, 2.05) is 91.0 Å². The minimum absolute atomic E-state index is 0.00904. The van der Waals surface area contributed by atoms with Crippen molar-refractivity contribution < 1.29 is 29.0 Å². The second-order valence-electron chi connectivity index (χ2n) is 8.60. The van der Waals surface area contributed by atoms with Crippen molar-refractivity contribution in [1.29, 1.82) is 0 Å². The maximum absolute atomic E-state index is 14.1. The summed E-state index contributed by atoms with van der Waals surface area (Å²) in [7, 11) is -3.19. The molecule has 1 aliphatic heterocycles. The number of rotatable bonds is 10. The maximum Gasteiger partial charge on any atom is 0.337 e. The van der Waals surface area contributed by atoms with Gasteiger partial charge in [0.1, 0.15) is 28.5 Å². The van der Waals surface area contributed by atoms with Crippen LogP contribution < -0.4 is 21.0 Å². The summed E-state index contributed by atoms with van der Waals surface area (Å²) in [5, 5.41) is 16.5. The summed E-state index contributed by atoms with van der Waals surface area (Å²) in [4.78, 5) is 40.8. The largest absolute Gasteiger partial charge is 0.611 e. The average molecular weight is 532 g/mol. The number of hydrogen-bond donors (Lipinski definition) is 0. The zero-order valence-corrected chi connectivity index (χ0v) is 22.3. The Bertz CT molecular complexity index is 1200. The highest BCUT2D eigenvalue weighted by Crippen LogP contribution is 2.65. The van der Waals surface area contributed by atoms with Crippen molar-refractivity contribution in [2.75, 3.05) is 13.2 Å². The van der Waals surface area contributed by atoms with Crippen molar-refractivity contribution in [2.24, 2.45) is 0 Å². The molecule has 4 rings (SSSR count). The van der Waals surface area contributed by atoms with Gasteiger partial charge in [0, 0.05) is 12.8 Å². The van der Waals surface area contributed by atoms with E-state index in [1.165, 1.54) is 0 Å². The molecule has 0 radical (unpaired) electrons. The number of carbonyl (C=O) groups is 3. The lowest BCUT2D eigenvalue weighted by molar-refractivity contribution is -0.358. The quantitative estimate of drug-likeness (QED) is 0.173. The van der Waals surface area contributed by atoms with E-state index in [0.29, 0.717) is 0 Å². The minimum atomic E-state index is -3.19. The number of imide groups is 1. The molecule has 0 aliphatic carbocycles. The lowest BCUT2D eigenvalue weighted by atomic mass is 10.2. The Morgan fingerprint density at radius 3 is 1.53 bits per heavy atom. The van der Waals surface area contributed by atoms with Gasteiger partial charge >= 0.3 is 5.97 Å². The maximum atomic E-state index is 14.1. The van der Waals surface area contributed by atoms with Gasteiger partial charge in [-0.3, -0.25) is 14.5 Å². The smallest absolute Gasteiger partial charge is 0.337 e. The Hall–Kier alpha value is -3.96. The van der Waals surface area contributed by atoms with Crippen LogP contribution in [0.5, 0.6) is 0 Å². The fourth-order valence-corrected chi connectivity index (χ4v) is 9.41. The molecule has 1 aliphatic rings. The molecule has 1 fully saturated rings. The first-order valence-electron chi connectivity index (χ1n) is 12.6. The summed E-state index contributed by atoms with van der Waals surface area (Å²) >= 11 is 0. The Labute approximate surface area is 223 Å². The van der Waals surface area contributed by atoms with Crippen LogP contribution in [0.2, 0.25) is 0 Å². The lowest BCUT2D eigenvalue weighted by Crippen LogP contribution is -2.51. The molecule has 196 valence electrons. The molecular weight excluding hydrogens is 501 g/mol. The Balaban J connectivity index is 2.20. The van der Waals surface area contributed by atoms with Gasteiger partial charge < -0.3 is 14.6 Å². The highest BCUT2D eigenvalue weighted by Gasteiger charge is 2.58. The molecule has 0 N–H and O–H groups in total. The second-order valence-corrected chi connectivity index (χ2v) is 12.0. The molecule has 1 unspecified atom stereocenters. The van der Waals surface area contributed by atoms with Gasteiger partial charge in [-0.15, -0.1) is 0 Å². The van der Waals surface area contributed by atoms with E-state index in [2.05, 4.69) is 0 Å². The van der Waals surface area contributed by atoms with Gasteiger partial charge in [0.2, 0.25) is 11.8 Å². The van der Waals surface area contributed by atoms with Gasteiger partial charge in [-0.1, -0.05) is 61.5 Å². The molecule has 3 aromatic carbocycles. The molecule has 38 heavy (non-hydrogen) atoms. The van der Waals surface area contributed by atoms with Crippen LogP contribution in [0.1, 0.15) is 26.7 Å². The zero-order chi connectivity index (χ0) is 27.1. The molecule has 1 heterocycles. The van der Waals surface area contributed by atoms with Crippen molar-refractivity contribution in [3.05, 3.63) is 102 Å². The molecule has 0 spiro atoms. The SMILES string of the molecule is CCOC(=O)C(/C(=C(\[O-])OCC)[P+](c1ccccc1)(c1ccccc1)c1ccccc1)N1C(=O)CCC1=O.